The largest absolute Gasteiger partial charge is 0.345 e. The van der Waals surface area contributed by atoms with E-state index in [1.807, 2.05) is 50.2 Å². The van der Waals surface area contributed by atoms with Gasteiger partial charge in [-0.05, 0) is 43.0 Å². The van der Waals surface area contributed by atoms with E-state index in [-0.39, 0.29) is 11.6 Å². The van der Waals surface area contributed by atoms with Crippen LogP contribution in [0.15, 0.2) is 54.4 Å². The zero-order valence-electron chi connectivity index (χ0n) is 14.7. The highest BCUT2D eigenvalue weighted by atomic mass is 16.1. The smallest absolute Gasteiger partial charge is 0.263 e. The number of rotatable bonds is 6. The van der Waals surface area contributed by atoms with Gasteiger partial charge in [0.05, 0.1) is 6.04 Å². The van der Waals surface area contributed by atoms with E-state index >= 15 is 0 Å². The molecule has 2 rings (SSSR count). The van der Waals surface area contributed by atoms with Crippen molar-refractivity contribution in [2.75, 3.05) is 5.32 Å². The predicted molar refractivity (Wildman–Crippen MR) is 98.7 cm³/mol. The number of pyridine rings is 1. The van der Waals surface area contributed by atoms with Gasteiger partial charge >= 0.3 is 0 Å². The molecule has 1 aromatic heterocycles. The van der Waals surface area contributed by atoms with Gasteiger partial charge in [-0.15, -0.1) is 0 Å². The Bertz CT molecular complexity index is 786. The van der Waals surface area contributed by atoms with Gasteiger partial charge < -0.3 is 10.6 Å². The van der Waals surface area contributed by atoms with Crippen LogP contribution in [0.2, 0.25) is 0 Å². The van der Waals surface area contributed by atoms with Crippen LogP contribution in [-0.2, 0) is 11.2 Å². The van der Waals surface area contributed by atoms with Gasteiger partial charge in [-0.1, -0.05) is 37.3 Å². The van der Waals surface area contributed by atoms with Crippen LogP contribution >= 0.6 is 0 Å². The number of nitrogens with zero attached hydrogens (tertiary/aromatic N) is 2. The minimum absolute atomic E-state index is 0.000552. The summed E-state index contributed by atoms with van der Waals surface area (Å²) in [5.74, 6) is 0.156. The molecule has 0 saturated carbocycles. The molecule has 0 saturated heterocycles. The molecule has 1 amide bonds. The van der Waals surface area contributed by atoms with Gasteiger partial charge in [0.2, 0.25) is 0 Å². The van der Waals surface area contributed by atoms with Crippen molar-refractivity contribution >= 4 is 11.7 Å². The summed E-state index contributed by atoms with van der Waals surface area (Å²) in [7, 11) is 0. The molecular formula is C20H22N4O. The van der Waals surface area contributed by atoms with Crippen LogP contribution in [0.25, 0.3) is 0 Å². The highest BCUT2D eigenvalue weighted by Crippen LogP contribution is 2.14. The van der Waals surface area contributed by atoms with Crippen LogP contribution in [0.3, 0.4) is 0 Å². The predicted octanol–water partition coefficient (Wildman–Crippen LogP) is 3.65. The van der Waals surface area contributed by atoms with Crippen LogP contribution in [0.5, 0.6) is 0 Å². The van der Waals surface area contributed by atoms with Crippen molar-refractivity contribution in [3.63, 3.8) is 0 Å². The fraction of sp³-hybridized carbons (Fsp3) is 0.250. The average Bonchev–Trinajstić information content (AvgIpc) is 2.63. The van der Waals surface area contributed by atoms with Crippen molar-refractivity contribution < 1.29 is 4.79 Å². The minimum atomic E-state index is -0.422. The Balaban J connectivity index is 2.01. The summed E-state index contributed by atoms with van der Waals surface area (Å²) in [5, 5.41) is 14.9. The molecule has 0 radical (unpaired) electrons. The topological polar surface area (TPSA) is 77.8 Å². The molecule has 5 nitrogen and oxygen atoms in total. The van der Waals surface area contributed by atoms with Gasteiger partial charge in [0, 0.05) is 12.4 Å². The summed E-state index contributed by atoms with van der Waals surface area (Å²) in [5.41, 5.74) is 3.28. The summed E-state index contributed by atoms with van der Waals surface area (Å²) in [4.78, 5) is 16.5. The lowest BCUT2D eigenvalue weighted by Gasteiger charge is -2.14. The van der Waals surface area contributed by atoms with Crippen LogP contribution in [0.4, 0.5) is 5.82 Å². The Morgan fingerprint density at radius 2 is 2.00 bits per heavy atom. The van der Waals surface area contributed by atoms with Crippen molar-refractivity contribution in [1.29, 1.82) is 5.26 Å². The highest BCUT2D eigenvalue weighted by molar-refractivity contribution is 5.97. The third-order valence-corrected chi connectivity index (χ3v) is 3.88. The van der Waals surface area contributed by atoms with E-state index in [4.69, 9.17) is 0 Å². The molecule has 0 aliphatic carbocycles. The Labute approximate surface area is 148 Å². The molecule has 0 fully saturated rings. The van der Waals surface area contributed by atoms with Crippen molar-refractivity contribution in [1.82, 2.24) is 10.3 Å². The summed E-state index contributed by atoms with van der Waals surface area (Å²) >= 11 is 0. The number of hydrogen-bond donors (Lipinski definition) is 2. The summed E-state index contributed by atoms with van der Waals surface area (Å²) in [6.07, 6.45) is 4.06. The normalized spacial score (nSPS) is 12.2. The zero-order chi connectivity index (χ0) is 18.2. The zero-order valence-corrected chi connectivity index (χ0v) is 14.7. The quantitative estimate of drug-likeness (QED) is 0.624. The first-order valence-electron chi connectivity index (χ1n) is 8.22. The maximum absolute atomic E-state index is 12.3. The third-order valence-electron chi connectivity index (χ3n) is 3.88. The Hall–Kier alpha value is -3.13. The van der Waals surface area contributed by atoms with Crippen LogP contribution in [-0.4, -0.2) is 10.9 Å². The molecule has 1 aromatic carbocycles. The van der Waals surface area contributed by atoms with E-state index in [2.05, 4.69) is 22.5 Å². The van der Waals surface area contributed by atoms with Crippen LogP contribution in [0, 0.1) is 18.3 Å². The van der Waals surface area contributed by atoms with Gasteiger partial charge in [0.25, 0.3) is 5.91 Å². The van der Waals surface area contributed by atoms with Crippen LogP contribution in [0.1, 0.15) is 36.6 Å². The van der Waals surface area contributed by atoms with Crippen molar-refractivity contribution in [3.05, 3.63) is 71.1 Å². The molecule has 0 aliphatic heterocycles. The monoisotopic (exact) mass is 334 g/mol. The number of benzene rings is 1. The minimum Gasteiger partial charge on any atom is -0.345 e. The standard InChI is InChI=1S/C20H22N4O/c1-4-16-6-8-17(9-7-16)15(3)24-20(25)18(11-21)13-23-19-10-5-14(2)12-22-19/h5-10,12-13,15H,4H2,1-3H3,(H,22,23)(H,24,25)/b18-13-. The van der Waals surface area contributed by atoms with Gasteiger partial charge in [-0.2, -0.15) is 5.26 Å². The molecule has 5 heteroatoms. The van der Waals surface area contributed by atoms with Gasteiger partial charge in [0.15, 0.2) is 0 Å². The van der Waals surface area contributed by atoms with E-state index < -0.39 is 5.91 Å². The Morgan fingerprint density at radius 1 is 1.28 bits per heavy atom. The number of carbonyl (C=O) groups excluding carboxylic acids is 1. The maximum atomic E-state index is 12.3. The summed E-state index contributed by atoms with van der Waals surface area (Å²) in [6.45, 7) is 5.93. The molecule has 1 heterocycles. The number of aryl methyl sites for hydroxylation is 2. The second-order valence-electron chi connectivity index (χ2n) is 5.83. The van der Waals surface area contributed by atoms with E-state index in [9.17, 15) is 10.1 Å². The van der Waals surface area contributed by atoms with E-state index in [1.54, 1.807) is 12.3 Å². The van der Waals surface area contributed by atoms with Gasteiger partial charge in [-0.3, -0.25) is 4.79 Å². The molecule has 0 bridgehead atoms. The number of carbonyl (C=O) groups is 1. The number of amides is 1. The molecule has 0 spiro atoms. The third kappa shape index (κ3) is 5.18. The van der Waals surface area contributed by atoms with Crippen molar-refractivity contribution in [3.8, 4) is 6.07 Å². The SMILES string of the molecule is CCc1ccc(C(C)NC(=O)/C(C#N)=C\Nc2ccc(C)cn2)cc1. The number of nitriles is 1. The Kier molecular flexibility index (Phi) is 6.30. The maximum Gasteiger partial charge on any atom is 0.263 e. The van der Waals surface area contributed by atoms with Crippen molar-refractivity contribution in [2.24, 2.45) is 0 Å². The molecular weight excluding hydrogens is 312 g/mol. The fourth-order valence-electron chi connectivity index (χ4n) is 2.25. The number of hydrogen-bond acceptors (Lipinski definition) is 4. The number of anilines is 1. The molecule has 2 N–H and O–H groups in total. The first-order chi connectivity index (χ1) is 12.0. The molecule has 0 aliphatic rings. The lowest BCUT2D eigenvalue weighted by atomic mass is 10.0. The first kappa shape index (κ1) is 18.2. The van der Waals surface area contributed by atoms with Gasteiger partial charge in [0.1, 0.15) is 17.5 Å². The highest BCUT2D eigenvalue weighted by Gasteiger charge is 2.13. The summed E-state index contributed by atoms with van der Waals surface area (Å²) in [6, 6.07) is 13.5. The molecule has 1 atom stereocenters. The van der Waals surface area contributed by atoms with E-state index in [0.717, 1.165) is 17.5 Å². The first-order valence-corrected chi connectivity index (χ1v) is 8.22. The summed E-state index contributed by atoms with van der Waals surface area (Å²) < 4.78 is 0. The lowest BCUT2D eigenvalue weighted by Crippen LogP contribution is -2.28. The number of aromatic nitrogens is 1. The van der Waals surface area contributed by atoms with Crippen molar-refractivity contribution in [2.45, 2.75) is 33.2 Å². The fourth-order valence-corrected chi connectivity index (χ4v) is 2.25. The lowest BCUT2D eigenvalue weighted by molar-refractivity contribution is -0.117. The van der Waals surface area contributed by atoms with E-state index in [1.165, 1.54) is 11.8 Å². The molecule has 2 aromatic rings. The van der Waals surface area contributed by atoms with E-state index in [0.29, 0.717) is 5.82 Å². The van der Waals surface area contributed by atoms with Gasteiger partial charge in [-0.25, -0.2) is 4.98 Å². The molecule has 25 heavy (non-hydrogen) atoms. The second-order valence-corrected chi connectivity index (χ2v) is 5.83. The number of nitrogens with one attached hydrogen (secondary N) is 2. The molecule has 1 unspecified atom stereocenters. The average molecular weight is 334 g/mol. The Morgan fingerprint density at radius 3 is 2.56 bits per heavy atom. The van der Waals surface area contributed by atoms with Crippen LogP contribution < -0.4 is 10.6 Å². The second kappa shape index (κ2) is 8.65. The molecule has 128 valence electrons.